The van der Waals surface area contributed by atoms with E-state index in [1.165, 1.54) is 0 Å². The minimum absolute atomic E-state index is 0.202. The molecule has 52 valence electrons. The van der Waals surface area contributed by atoms with E-state index in [-0.39, 0.29) is 6.04 Å². The van der Waals surface area contributed by atoms with Crippen molar-refractivity contribution < 1.29 is 8.42 Å². The summed E-state index contributed by atoms with van der Waals surface area (Å²) in [6.45, 7) is 0. The first-order chi connectivity index (χ1) is 4.10. The van der Waals surface area contributed by atoms with E-state index in [4.69, 9.17) is 5.73 Å². The van der Waals surface area contributed by atoms with Gasteiger partial charge in [0.15, 0.2) is 9.84 Å². The molecule has 0 radical (unpaired) electrons. The van der Waals surface area contributed by atoms with Crippen molar-refractivity contribution in [3.63, 3.8) is 0 Å². The largest absolute Gasteiger partial charge is 0.327 e. The van der Waals surface area contributed by atoms with Crippen LogP contribution in [-0.2, 0) is 9.84 Å². The van der Waals surface area contributed by atoms with E-state index in [0.717, 1.165) is 0 Å². The van der Waals surface area contributed by atoms with Crippen molar-refractivity contribution in [2.75, 3.05) is 11.5 Å². The van der Waals surface area contributed by atoms with Gasteiger partial charge in [0.05, 0.1) is 11.5 Å². The van der Waals surface area contributed by atoms with Crippen molar-refractivity contribution in [1.29, 1.82) is 0 Å². The Labute approximate surface area is 54.2 Å². The second kappa shape index (κ2) is 1.32. The lowest BCUT2D eigenvalue weighted by atomic mass is 10.4. The summed E-state index contributed by atoms with van der Waals surface area (Å²) in [6, 6.07) is 0.202. The van der Waals surface area contributed by atoms with Crippen LogP contribution in [0.4, 0.5) is 0 Å². The Balaban J connectivity index is 2.21. The summed E-state index contributed by atoms with van der Waals surface area (Å²) in [4.78, 5) is 0. The number of nitrogens with two attached hydrogens (primary N) is 1. The summed E-state index contributed by atoms with van der Waals surface area (Å²) in [5, 5.41) is 0. The second-order valence-electron chi connectivity index (χ2n) is 2.98. The lowest BCUT2D eigenvalue weighted by molar-refractivity contribution is 0.595. The molecule has 0 bridgehead atoms. The maximum Gasteiger partial charge on any atom is 0.151 e. The molecular formula is C5H9NO2S. The zero-order valence-electron chi connectivity index (χ0n) is 4.95. The van der Waals surface area contributed by atoms with Gasteiger partial charge in [-0.25, -0.2) is 8.42 Å². The minimum Gasteiger partial charge on any atom is -0.327 e. The van der Waals surface area contributed by atoms with Gasteiger partial charge in [-0.2, -0.15) is 0 Å². The Morgan fingerprint density at radius 3 is 2.00 bits per heavy atom. The third-order valence-corrected chi connectivity index (χ3v) is 4.08. The van der Waals surface area contributed by atoms with Gasteiger partial charge in [-0.05, 0) is 11.8 Å². The maximum absolute atomic E-state index is 10.8. The Morgan fingerprint density at radius 2 is 1.67 bits per heavy atom. The van der Waals surface area contributed by atoms with E-state index in [2.05, 4.69) is 0 Å². The smallest absolute Gasteiger partial charge is 0.151 e. The zero-order chi connectivity index (χ0) is 6.65. The zero-order valence-corrected chi connectivity index (χ0v) is 5.76. The van der Waals surface area contributed by atoms with Crippen molar-refractivity contribution >= 4 is 9.84 Å². The minimum atomic E-state index is -2.66. The van der Waals surface area contributed by atoms with Crippen LogP contribution in [-0.4, -0.2) is 26.0 Å². The Bertz CT molecular complexity index is 215. The van der Waals surface area contributed by atoms with Crippen molar-refractivity contribution in [2.24, 2.45) is 17.6 Å². The number of fused-ring (bicyclic) bond motifs is 1. The number of sulfone groups is 1. The molecule has 1 aliphatic carbocycles. The maximum atomic E-state index is 10.8. The molecule has 3 nitrogen and oxygen atoms in total. The summed E-state index contributed by atoms with van der Waals surface area (Å²) in [5.41, 5.74) is 5.53. The molecule has 1 aliphatic heterocycles. The molecule has 9 heavy (non-hydrogen) atoms. The molecular weight excluding hydrogens is 138 g/mol. The van der Waals surface area contributed by atoms with Crippen LogP contribution in [0.25, 0.3) is 0 Å². The van der Waals surface area contributed by atoms with Crippen molar-refractivity contribution in [2.45, 2.75) is 6.04 Å². The summed E-state index contributed by atoms with van der Waals surface area (Å²) in [6.07, 6.45) is 0. The van der Waals surface area contributed by atoms with E-state index in [0.29, 0.717) is 23.3 Å². The molecule has 0 aromatic rings. The molecule has 3 atom stereocenters. The van der Waals surface area contributed by atoms with Crippen LogP contribution in [0.5, 0.6) is 0 Å². The van der Waals surface area contributed by atoms with Gasteiger partial charge in [-0.3, -0.25) is 0 Å². The standard InChI is InChI=1S/C5H9NO2S/c6-5-3-1-9(7,8)2-4(3)5/h3-5H,1-2,6H2/t3-,4+,5-. The molecule has 2 fully saturated rings. The Hall–Kier alpha value is -0.0900. The average molecular weight is 147 g/mol. The predicted octanol–water partition coefficient (Wildman–Crippen LogP) is -1.01. The molecule has 0 amide bonds. The average Bonchev–Trinajstić information content (AvgIpc) is 2.26. The molecule has 1 saturated heterocycles. The molecule has 1 heterocycles. The highest BCUT2D eigenvalue weighted by Crippen LogP contribution is 2.44. The quantitative estimate of drug-likeness (QED) is 0.477. The molecule has 4 heteroatoms. The lowest BCUT2D eigenvalue weighted by Gasteiger charge is -1.95. The van der Waals surface area contributed by atoms with Gasteiger partial charge in [0.1, 0.15) is 0 Å². The van der Waals surface area contributed by atoms with E-state index >= 15 is 0 Å². The predicted molar refractivity (Wildman–Crippen MR) is 33.6 cm³/mol. The lowest BCUT2D eigenvalue weighted by Crippen LogP contribution is -2.17. The third kappa shape index (κ3) is 0.697. The summed E-state index contributed by atoms with van der Waals surface area (Å²) < 4.78 is 21.5. The fourth-order valence-corrected chi connectivity index (χ4v) is 3.85. The Kier molecular flexibility index (Phi) is 0.833. The van der Waals surface area contributed by atoms with E-state index < -0.39 is 9.84 Å². The van der Waals surface area contributed by atoms with E-state index in [1.54, 1.807) is 0 Å². The van der Waals surface area contributed by atoms with Crippen LogP contribution in [0.1, 0.15) is 0 Å². The first kappa shape index (κ1) is 5.68. The van der Waals surface area contributed by atoms with Crippen molar-refractivity contribution in [1.82, 2.24) is 0 Å². The van der Waals surface area contributed by atoms with E-state index in [9.17, 15) is 8.42 Å². The molecule has 2 N–H and O–H groups in total. The van der Waals surface area contributed by atoms with Gasteiger partial charge in [0.25, 0.3) is 0 Å². The van der Waals surface area contributed by atoms with Crippen LogP contribution in [0, 0.1) is 11.8 Å². The van der Waals surface area contributed by atoms with Gasteiger partial charge in [0.2, 0.25) is 0 Å². The molecule has 2 aliphatic rings. The summed E-state index contributed by atoms with van der Waals surface area (Å²) >= 11 is 0. The van der Waals surface area contributed by atoms with Crippen LogP contribution in [0.15, 0.2) is 0 Å². The number of hydrogen-bond donors (Lipinski definition) is 1. The number of rotatable bonds is 0. The Morgan fingerprint density at radius 1 is 1.22 bits per heavy atom. The van der Waals surface area contributed by atoms with Gasteiger partial charge >= 0.3 is 0 Å². The highest BCUT2D eigenvalue weighted by Gasteiger charge is 2.56. The van der Waals surface area contributed by atoms with Gasteiger partial charge < -0.3 is 5.73 Å². The summed E-state index contributed by atoms with van der Waals surface area (Å²) in [5.74, 6) is 1.32. The molecule has 0 aromatic heterocycles. The first-order valence-corrected chi connectivity index (χ1v) is 4.88. The van der Waals surface area contributed by atoms with Gasteiger partial charge in [-0.15, -0.1) is 0 Å². The van der Waals surface area contributed by atoms with Gasteiger partial charge in [-0.1, -0.05) is 0 Å². The van der Waals surface area contributed by atoms with Crippen LogP contribution >= 0.6 is 0 Å². The fourth-order valence-electron chi connectivity index (χ4n) is 1.60. The SMILES string of the molecule is N[C@H]1[C@H]2CS(=O)(=O)C[C@@H]12. The topological polar surface area (TPSA) is 60.2 Å². The van der Waals surface area contributed by atoms with Crippen LogP contribution < -0.4 is 5.73 Å². The number of hydrogen-bond acceptors (Lipinski definition) is 3. The van der Waals surface area contributed by atoms with Gasteiger partial charge in [0, 0.05) is 6.04 Å². The molecule has 1 saturated carbocycles. The van der Waals surface area contributed by atoms with Crippen molar-refractivity contribution in [3.05, 3.63) is 0 Å². The van der Waals surface area contributed by atoms with E-state index in [1.807, 2.05) is 0 Å². The highest BCUT2D eigenvalue weighted by molar-refractivity contribution is 7.91. The molecule has 0 unspecified atom stereocenters. The fraction of sp³-hybridized carbons (Fsp3) is 1.00. The van der Waals surface area contributed by atoms with Crippen molar-refractivity contribution in [3.8, 4) is 0 Å². The van der Waals surface area contributed by atoms with Crippen LogP contribution in [0.3, 0.4) is 0 Å². The molecule has 2 rings (SSSR count). The monoisotopic (exact) mass is 147 g/mol. The highest BCUT2D eigenvalue weighted by atomic mass is 32.2. The summed E-state index contributed by atoms with van der Waals surface area (Å²) in [7, 11) is -2.66. The first-order valence-electron chi connectivity index (χ1n) is 3.06. The normalized spacial score (nSPS) is 52.8. The second-order valence-corrected chi connectivity index (χ2v) is 5.14. The molecule has 0 spiro atoms. The third-order valence-electron chi connectivity index (χ3n) is 2.29. The molecule has 0 aromatic carbocycles. The van der Waals surface area contributed by atoms with Crippen LogP contribution in [0.2, 0.25) is 0 Å².